The van der Waals surface area contributed by atoms with Gasteiger partial charge in [0.1, 0.15) is 16.4 Å². The van der Waals surface area contributed by atoms with Gasteiger partial charge in [-0.15, -0.1) is 0 Å². The molecule has 170 valence electrons. The normalized spacial score (nSPS) is 21.4. The van der Waals surface area contributed by atoms with Crippen LogP contribution in [0.4, 0.5) is 5.69 Å². The van der Waals surface area contributed by atoms with Crippen molar-refractivity contribution >= 4 is 51.8 Å². The zero-order valence-electron chi connectivity index (χ0n) is 18.4. The lowest BCUT2D eigenvalue weighted by Crippen LogP contribution is -2.47. The Morgan fingerprint density at radius 1 is 1.12 bits per heavy atom. The molecular formula is C24H28Cl2N4OS. The van der Waals surface area contributed by atoms with E-state index in [2.05, 4.69) is 29.5 Å². The number of ether oxygens (including phenoxy) is 1. The zero-order chi connectivity index (χ0) is 22.7. The van der Waals surface area contributed by atoms with E-state index in [1.54, 1.807) is 6.07 Å². The molecule has 0 spiro atoms. The smallest absolute Gasteiger partial charge is 0.137 e. The molecule has 2 aliphatic rings. The van der Waals surface area contributed by atoms with Crippen LogP contribution in [0, 0.1) is 5.92 Å². The highest BCUT2D eigenvalue weighted by Crippen LogP contribution is 2.42. The fourth-order valence-corrected chi connectivity index (χ4v) is 5.17. The van der Waals surface area contributed by atoms with Crippen molar-refractivity contribution in [2.24, 2.45) is 11.0 Å². The van der Waals surface area contributed by atoms with Crippen LogP contribution in [-0.4, -0.2) is 35.4 Å². The monoisotopic (exact) mass is 490 g/mol. The van der Waals surface area contributed by atoms with Gasteiger partial charge in [0.15, 0.2) is 0 Å². The van der Waals surface area contributed by atoms with Crippen LogP contribution in [0.3, 0.4) is 0 Å². The summed E-state index contributed by atoms with van der Waals surface area (Å²) in [4.78, 5) is 0.669. The minimum Gasteiger partial charge on any atom is -0.494 e. The zero-order valence-corrected chi connectivity index (χ0v) is 20.7. The van der Waals surface area contributed by atoms with Crippen LogP contribution in [0.15, 0.2) is 47.6 Å². The van der Waals surface area contributed by atoms with Gasteiger partial charge >= 0.3 is 0 Å². The number of nitrogens with zero attached hydrogens (tertiary/aromatic N) is 3. The van der Waals surface area contributed by atoms with Crippen molar-refractivity contribution in [2.75, 3.05) is 24.7 Å². The topological polar surface area (TPSA) is 40.1 Å². The summed E-state index contributed by atoms with van der Waals surface area (Å²) in [5, 5.41) is 10.3. The predicted octanol–water partition coefficient (Wildman–Crippen LogP) is 6.26. The largest absolute Gasteiger partial charge is 0.494 e. The third kappa shape index (κ3) is 5.04. The molecule has 1 fully saturated rings. The van der Waals surface area contributed by atoms with Crippen LogP contribution in [-0.2, 0) is 0 Å². The molecule has 2 aromatic carbocycles. The lowest BCUT2D eigenvalue weighted by molar-refractivity contribution is 0.197. The van der Waals surface area contributed by atoms with Gasteiger partial charge in [-0.05, 0) is 55.7 Å². The number of anilines is 1. The van der Waals surface area contributed by atoms with E-state index in [0.29, 0.717) is 21.6 Å². The van der Waals surface area contributed by atoms with Crippen molar-refractivity contribution in [3.63, 3.8) is 0 Å². The van der Waals surface area contributed by atoms with Crippen LogP contribution >= 0.6 is 35.4 Å². The third-order valence-corrected chi connectivity index (χ3v) is 6.76. The molecule has 5 nitrogen and oxygen atoms in total. The van der Waals surface area contributed by atoms with E-state index in [0.717, 1.165) is 35.8 Å². The molecule has 4 rings (SSSR count). The van der Waals surface area contributed by atoms with Crippen LogP contribution in [0.5, 0.6) is 5.75 Å². The van der Waals surface area contributed by atoms with E-state index in [-0.39, 0.29) is 12.0 Å². The summed E-state index contributed by atoms with van der Waals surface area (Å²) in [6, 6.07) is 13.6. The molecule has 0 aromatic heterocycles. The molecule has 0 bridgehead atoms. The minimum atomic E-state index is -0.0551. The summed E-state index contributed by atoms with van der Waals surface area (Å²) >= 11 is 18.5. The van der Waals surface area contributed by atoms with Crippen molar-refractivity contribution < 1.29 is 4.74 Å². The number of benzene rings is 2. The van der Waals surface area contributed by atoms with Gasteiger partial charge in [-0.2, -0.15) is 5.10 Å². The van der Waals surface area contributed by atoms with E-state index in [4.69, 9.17) is 45.3 Å². The quantitative estimate of drug-likeness (QED) is 0.483. The number of hydrazine groups is 1. The molecule has 2 heterocycles. The summed E-state index contributed by atoms with van der Waals surface area (Å²) in [6.07, 6.45) is 3.63. The van der Waals surface area contributed by atoms with Crippen molar-refractivity contribution in [3.05, 3.63) is 58.1 Å². The minimum absolute atomic E-state index is 0.0551. The van der Waals surface area contributed by atoms with E-state index in [1.165, 1.54) is 19.3 Å². The van der Waals surface area contributed by atoms with Crippen molar-refractivity contribution in [1.29, 1.82) is 0 Å². The molecule has 2 aliphatic heterocycles. The predicted molar refractivity (Wildman–Crippen MR) is 137 cm³/mol. The average molecular weight is 491 g/mol. The number of hydrazone groups is 1. The average Bonchev–Trinajstić information content (AvgIpc) is 3.12. The maximum Gasteiger partial charge on any atom is 0.137 e. The molecule has 0 unspecified atom stereocenters. The van der Waals surface area contributed by atoms with Crippen LogP contribution in [0.25, 0.3) is 0 Å². The van der Waals surface area contributed by atoms with Crippen LogP contribution in [0.2, 0.25) is 10.0 Å². The first-order valence-electron chi connectivity index (χ1n) is 11.1. The standard InChI is InChI=1S/C24H28Cl2N4OS/c1-3-31-19-10-7-17(8-11-19)23-16(2)22(24(32)28-29-13-5-4-6-14-29)27-30(23)21-12-9-18(25)15-20(21)26/h7-12,15-16,23H,3-6,13-14H2,1-2H3,(H,28,32)/t16-,23+/m0/s1. The number of thiocarbonyl (C=S) groups is 1. The van der Waals surface area contributed by atoms with E-state index >= 15 is 0 Å². The van der Waals surface area contributed by atoms with E-state index in [9.17, 15) is 0 Å². The van der Waals surface area contributed by atoms with Gasteiger partial charge in [0.05, 0.1) is 23.4 Å². The number of nitrogens with one attached hydrogen (secondary N) is 1. The molecular weight excluding hydrogens is 463 g/mol. The highest BCUT2D eigenvalue weighted by Gasteiger charge is 2.39. The Morgan fingerprint density at radius 2 is 1.84 bits per heavy atom. The van der Waals surface area contributed by atoms with Crippen LogP contribution in [0.1, 0.15) is 44.7 Å². The Bertz CT molecular complexity index is 992. The Labute approximate surface area is 205 Å². The van der Waals surface area contributed by atoms with Crippen LogP contribution < -0.4 is 15.2 Å². The number of hydrogen-bond donors (Lipinski definition) is 1. The fraction of sp³-hybridized carbons (Fsp3) is 0.417. The number of piperidine rings is 1. The third-order valence-electron chi connectivity index (χ3n) is 5.92. The van der Waals surface area contributed by atoms with Crippen molar-refractivity contribution in [2.45, 2.75) is 39.2 Å². The lowest BCUT2D eigenvalue weighted by atomic mass is 9.91. The van der Waals surface area contributed by atoms with Gasteiger partial charge in [0.25, 0.3) is 0 Å². The molecule has 0 radical (unpaired) electrons. The maximum absolute atomic E-state index is 6.59. The number of hydrogen-bond acceptors (Lipinski definition) is 5. The molecule has 2 atom stereocenters. The Morgan fingerprint density at radius 3 is 2.50 bits per heavy atom. The Balaban J connectivity index is 1.66. The summed E-state index contributed by atoms with van der Waals surface area (Å²) in [6.45, 7) is 6.77. The van der Waals surface area contributed by atoms with Gasteiger partial charge in [0.2, 0.25) is 0 Å². The lowest BCUT2D eigenvalue weighted by Gasteiger charge is -2.29. The first-order valence-corrected chi connectivity index (χ1v) is 12.3. The second-order valence-electron chi connectivity index (χ2n) is 8.15. The summed E-state index contributed by atoms with van der Waals surface area (Å²) < 4.78 is 5.62. The Hall–Kier alpha value is -1.86. The van der Waals surface area contributed by atoms with Gasteiger partial charge in [-0.1, -0.05) is 60.9 Å². The van der Waals surface area contributed by atoms with Gasteiger partial charge < -0.3 is 10.2 Å². The molecule has 1 N–H and O–H groups in total. The highest BCUT2D eigenvalue weighted by molar-refractivity contribution is 7.82. The second-order valence-corrected chi connectivity index (χ2v) is 9.40. The van der Waals surface area contributed by atoms with Gasteiger partial charge in [0, 0.05) is 24.0 Å². The highest BCUT2D eigenvalue weighted by atomic mass is 35.5. The molecule has 0 amide bonds. The molecule has 1 saturated heterocycles. The van der Waals surface area contributed by atoms with Crippen molar-refractivity contribution in [3.8, 4) is 5.75 Å². The SMILES string of the molecule is CCOc1ccc([C@H]2[C@@H](C)C(C(=S)NN3CCCCC3)=NN2c2ccc(Cl)cc2Cl)cc1. The number of halogens is 2. The van der Waals surface area contributed by atoms with Gasteiger partial charge in [-0.25, -0.2) is 5.01 Å². The Kier molecular flexibility index (Phi) is 7.56. The number of rotatable bonds is 6. The summed E-state index contributed by atoms with van der Waals surface area (Å²) in [5.41, 5.74) is 6.20. The van der Waals surface area contributed by atoms with E-state index < -0.39 is 0 Å². The van der Waals surface area contributed by atoms with E-state index in [1.807, 2.05) is 36.2 Å². The molecule has 0 saturated carbocycles. The summed E-state index contributed by atoms with van der Waals surface area (Å²) in [5.74, 6) is 0.908. The second kappa shape index (κ2) is 10.4. The first-order chi connectivity index (χ1) is 15.5. The first kappa shape index (κ1) is 23.3. The van der Waals surface area contributed by atoms with Gasteiger partial charge in [-0.3, -0.25) is 5.01 Å². The summed E-state index contributed by atoms with van der Waals surface area (Å²) in [7, 11) is 0. The molecule has 0 aliphatic carbocycles. The molecule has 2 aromatic rings. The maximum atomic E-state index is 6.59. The fourth-order valence-electron chi connectivity index (χ4n) is 4.32. The molecule has 32 heavy (non-hydrogen) atoms. The van der Waals surface area contributed by atoms with Crippen molar-refractivity contribution in [1.82, 2.24) is 10.4 Å². The molecule has 8 heteroatoms.